The highest BCUT2D eigenvalue weighted by Gasteiger charge is 2.42. The summed E-state index contributed by atoms with van der Waals surface area (Å²) in [6, 6.07) is 6.69. The third-order valence-corrected chi connectivity index (χ3v) is 4.77. The lowest BCUT2D eigenvalue weighted by Gasteiger charge is -2.32. The van der Waals surface area contributed by atoms with Gasteiger partial charge in [0.1, 0.15) is 0 Å². The molecule has 0 aromatic heterocycles. The molecule has 23 heavy (non-hydrogen) atoms. The minimum atomic E-state index is -0.939. The van der Waals surface area contributed by atoms with Gasteiger partial charge < -0.3 is 14.7 Å². The summed E-state index contributed by atoms with van der Waals surface area (Å²) in [5.41, 5.74) is 0.909. The van der Waals surface area contributed by atoms with E-state index in [9.17, 15) is 9.59 Å². The second-order valence-corrected chi connectivity index (χ2v) is 6.39. The van der Waals surface area contributed by atoms with Crippen LogP contribution in [0, 0.1) is 5.41 Å². The number of hydrogen-bond acceptors (Lipinski definition) is 3. The number of benzene rings is 1. The Morgan fingerprint density at radius 1 is 1.22 bits per heavy atom. The summed E-state index contributed by atoms with van der Waals surface area (Å²) in [5, 5.41) is 8.93. The van der Waals surface area contributed by atoms with E-state index in [-0.39, 0.29) is 16.9 Å². The first-order valence-corrected chi connectivity index (χ1v) is 8.05. The summed E-state index contributed by atoms with van der Waals surface area (Å²) in [7, 11) is 3.49. The minimum Gasteiger partial charge on any atom is -0.478 e. The number of nitrogens with zero attached hydrogens (tertiary/aromatic N) is 1. The summed E-state index contributed by atoms with van der Waals surface area (Å²) < 4.78 is 5.19. The molecule has 5 nitrogen and oxygen atoms in total. The number of amides is 1. The van der Waals surface area contributed by atoms with Gasteiger partial charge in [-0.2, -0.15) is 0 Å². The molecule has 0 spiro atoms. The molecule has 5 heteroatoms. The Morgan fingerprint density at radius 3 is 2.35 bits per heavy atom. The largest absolute Gasteiger partial charge is 0.478 e. The molecule has 2 rings (SSSR count). The molecular weight excluding hydrogens is 294 g/mol. The SMILES string of the molecule is COCCC1(C(=O)N(C)Cc2ccc(C(=O)O)cc2)CCCC1. The molecule has 0 radical (unpaired) electrons. The van der Waals surface area contributed by atoms with Gasteiger partial charge in [0.25, 0.3) is 0 Å². The summed E-state index contributed by atoms with van der Waals surface area (Å²) in [6.45, 7) is 1.10. The van der Waals surface area contributed by atoms with Crippen molar-refractivity contribution in [1.29, 1.82) is 0 Å². The number of hydrogen-bond donors (Lipinski definition) is 1. The molecule has 126 valence electrons. The van der Waals surface area contributed by atoms with Crippen molar-refractivity contribution >= 4 is 11.9 Å². The van der Waals surface area contributed by atoms with E-state index in [1.54, 1.807) is 36.3 Å². The van der Waals surface area contributed by atoms with E-state index in [0.29, 0.717) is 13.2 Å². The zero-order valence-corrected chi connectivity index (χ0v) is 13.9. The Labute approximate surface area is 137 Å². The second-order valence-electron chi connectivity index (χ2n) is 6.39. The summed E-state index contributed by atoms with van der Waals surface area (Å²) in [5.74, 6) is -0.764. The second kappa shape index (κ2) is 7.59. The average Bonchev–Trinajstić information content (AvgIpc) is 3.02. The van der Waals surface area contributed by atoms with E-state index in [2.05, 4.69) is 0 Å². The van der Waals surface area contributed by atoms with Crippen LogP contribution < -0.4 is 0 Å². The first-order chi connectivity index (χ1) is 11.0. The molecular formula is C18H25NO4. The predicted molar refractivity (Wildman–Crippen MR) is 87.3 cm³/mol. The normalized spacial score (nSPS) is 16.3. The zero-order valence-electron chi connectivity index (χ0n) is 13.9. The smallest absolute Gasteiger partial charge is 0.335 e. The molecule has 0 atom stereocenters. The van der Waals surface area contributed by atoms with Crippen molar-refractivity contribution in [2.75, 3.05) is 20.8 Å². The highest BCUT2D eigenvalue weighted by Crippen LogP contribution is 2.42. The van der Waals surface area contributed by atoms with Crippen molar-refractivity contribution in [1.82, 2.24) is 4.90 Å². The summed E-state index contributed by atoms with van der Waals surface area (Å²) >= 11 is 0. The van der Waals surface area contributed by atoms with Gasteiger partial charge in [-0.05, 0) is 37.0 Å². The van der Waals surface area contributed by atoms with Crippen LogP contribution in [-0.2, 0) is 16.1 Å². The van der Waals surface area contributed by atoms with Crippen molar-refractivity contribution in [3.8, 4) is 0 Å². The van der Waals surface area contributed by atoms with E-state index < -0.39 is 5.97 Å². The minimum absolute atomic E-state index is 0.175. The monoisotopic (exact) mass is 319 g/mol. The standard InChI is InChI=1S/C18H25NO4/c1-19(13-14-5-7-15(8-6-14)16(20)21)17(22)18(11-12-23-2)9-3-4-10-18/h5-8H,3-4,9-13H2,1-2H3,(H,20,21). The number of carboxylic acid groups (broad SMARTS) is 1. The van der Waals surface area contributed by atoms with E-state index >= 15 is 0 Å². The number of carboxylic acids is 1. The summed E-state index contributed by atoms with van der Waals surface area (Å²) in [6.07, 6.45) is 4.81. The molecule has 1 N–H and O–H groups in total. The molecule has 0 bridgehead atoms. The van der Waals surface area contributed by atoms with Crippen LogP contribution in [0.1, 0.15) is 48.0 Å². The third-order valence-electron chi connectivity index (χ3n) is 4.77. The Bertz CT molecular complexity index is 547. The Balaban J connectivity index is 2.04. The number of aromatic carboxylic acids is 1. The van der Waals surface area contributed by atoms with Gasteiger partial charge >= 0.3 is 5.97 Å². The lowest BCUT2D eigenvalue weighted by atomic mass is 9.81. The van der Waals surface area contributed by atoms with Crippen LogP contribution in [0.2, 0.25) is 0 Å². The number of carbonyl (C=O) groups excluding carboxylic acids is 1. The molecule has 1 aromatic rings. The maximum atomic E-state index is 12.9. The number of ether oxygens (including phenoxy) is 1. The van der Waals surface area contributed by atoms with Gasteiger partial charge in [-0.1, -0.05) is 25.0 Å². The lowest BCUT2D eigenvalue weighted by molar-refractivity contribution is -0.142. The van der Waals surface area contributed by atoms with Crippen molar-refractivity contribution in [3.05, 3.63) is 35.4 Å². The fourth-order valence-electron chi connectivity index (χ4n) is 3.42. The lowest BCUT2D eigenvalue weighted by Crippen LogP contribution is -2.40. The molecule has 0 unspecified atom stereocenters. The fourth-order valence-corrected chi connectivity index (χ4v) is 3.42. The van der Waals surface area contributed by atoms with Crippen LogP contribution in [0.15, 0.2) is 24.3 Å². The van der Waals surface area contributed by atoms with Gasteiger partial charge in [0.15, 0.2) is 0 Å². The highest BCUT2D eigenvalue weighted by atomic mass is 16.5. The van der Waals surface area contributed by atoms with Crippen molar-refractivity contribution in [2.45, 2.75) is 38.6 Å². The maximum absolute atomic E-state index is 12.9. The number of rotatable bonds is 7. The molecule has 0 heterocycles. The van der Waals surface area contributed by atoms with Crippen LogP contribution in [0.25, 0.3) is 0 Å². The fraction of sp³-hybridized carbons (Fsp3) is 0.556. The van der Waals surface area contributed by atoms with Crippen molar-refractivity contribution in [3.63, 3.8) is 0 Å². The Hall–Kier alpha value is -1.88. The van der Waals surface area contributed by atoms with Crippen LogP contribution in [0.3, 0.4) is 0 Å². The zero-order chi connectivity index (χ0) is 16.9. The van der Waals surface area contributed by atoms with Gasteiger partial charge in [0.05, 0.1) is 11.0 Å². The third kappa shape index (κ3) is 4.10. The first kappa shape index (κ1) is 17.5. The molecule has 1 aliphatic rings. The van der Waals surface area contributed by atoms with Crippen LogP contribution >= 0.6 is 0 Å². The van der Waals surface area contributed by atoms with E-state index in [0.717, 1.165) is 37.7 Å². The Morgan fingerprint density at radius 2 is 1.83 bits per heavy atom. The van der Waals surface area contributed by atoms with E-state index in [4.69, 9.17) is 9.84 Å². The first-order valence-electron chi connectivity index (χ1n) is 8.05. The molecule has 1 aromatic carbocycles. The van der Waals surface area contributed by atoms with E-state index in [1.165, 1.54) is 0 Å². The molecule has 1 aliphatic carbocycles. The molecule has 1 saturated carbocycles. The van der Waals surface area contributed by atoms with Gasteiger partial charge in [0, 0.05) is 27.3 Å². The maximum Gasteiger partial charge on any atom is 0.335 e. The van der Waals surface area contributed by atoms with Gasteiger partial charge in [-0.15, -0.1) is 0 Å². The molecule has 0 aliphatic heterocycles. The number of carbonyl (C=O) groups is 2. The Kier molecular flexibility index (Phi) is 5.77. The van der Waals surface area contributed by atoms with Gasteiger partial charge in [-0.3, -0.25) is 4.79 Å². The molecule has 1 amide bonds. The highest BCUT2D eigenvalue weighted by molar-refractivity contribution is 5.87. The van der Waals surface area contributed by atoms with Crippen LogP contribution in [0.4, 0.5) is 0 Å². The van der Waals surface area contributed by atoms with Crippen LogP contribution in [0.5, 0.6) is 0 Å². The quantitative estimate of drug-likeness (QED) is 0.839. The molecule has 1 fully saturated rings. The van der Waals surface area contributed by atoms with Crippen LogP contribution in [-0.4, -0.2) is 42.6 Å². The van der Waals surface area contributed by atoms with Crippen molar-refractivity contribution < 1.29 is 19.4 Å². The average molecular weight is 319 g/mol. The van der Waals surface area contributed by atoms with Gasteiger partial charge in [-0.25, -0.2) is 4.79 Å². The topological polar surface area (TPSA) is 66.8 Å². The molecule has 0 saturated heterocycles. The predicted octanol–water partition coefficient (Wildman–Crippen LogP) is 2.94. The number of methoxy groups -OCH3 is 1. The van der Waals surface area contributed by atoms with E-state index in [1.807, 2.05) is 7.05 Å². The van der Waals surface area contributed by atoms with Gasteiger partial charge in [0.2, 0.25) is 5.91 Å². The van der Waals surface area contributed by atoms with Crippen molar-refractivity contribution in [2.24, 2.45) is 5.41 Å². The summed E-state index contributed by atoms with van der Waals surface area (Å²) in [4.78, 5) is 25.6.